The van der Waals surface area contributed by atoms with E-state index in [-0.39, 0.29) is 0 Å². The average Bonchev–Trinajstić information content (AvgIpc) is 1.83. The lowest BCUT2D eigenvalue weighted by Gasteiger charge is -2.19. The molecule has 0 unspecified atom stereocenters. The van der Waals surface area contributed by atoms with Crippen molar-refractivity contribution >= 4 is 23.0 Å². The van der Waals surface area contributed by atoms with Crippen LogP contribution in [-0.2, 0) is 14.3 Å². The fourth-order valence-electron chi connectivity index (χ4n) is 0.488. The highest BCUT2D eigenvalue weighted by molar-refractivity contribution is 6.61. The van der Waals surface area contributed by atoms with Gasteiger partial charge in [0, 0.05) is 11.6 Å². The molecule has 5 heteroatoms. The molecule has 0 aliphatic carbocycles. The number of methoxy groups -OCH3 is 1. The molecular weight excluding hydrogens is 172 g/mol. The maximum Gasteiger partial charge on any atom is 0.404 e. The van der Waals surface area contributed by atoms with Crippen molar-refractivity contribution < 1.29 is 19.1 Å². The number of hydrogen-bond acceptors (Lipinski definition) is 4. The van der Waals surface area contributed by atoms with Crippen LogP contribution in [-0.4, -0.2) is 24.1 Å². The molecule has 0 aromatic heterocycles. The van der Waals surface area contributed by atoms with E-state index in [0.717, 1.165) is 0 Å². The van der Waals surface area contributed by atoms with Gasteiger partial charge in [0.2, 0.25) is 5.60 Å². The van der Waals surface area contributed by atoms with Crippen LogP contribution in [0.2, 0.25) is 0 Å². The van der Waals surface area contributed by atoms with Gasteiger partial charge in [0.15, 0.2) is 0 Å². The third-order valence-electron chi connectivity index (χ3n) is 1.01. The Bertz CT molecular complexity index is 175. The second kappa shape index (κ2) is 3.57. The zero-order valence-electron chi connectivity index (χ0n) is 6.51. The molecule has 0 radical (unpaired) electrons. The number of halogens is 1. The Morgan fingerprint density at radius 2 is 1.82 bits per heavy atom. The summed E-state index contributed by atoms with van der Waals surface area (Å²) < 4.78 is 8.78. The molecule has 0 spiro atoms. The van der Waals surface area contributed by atoms with Crippen molar-refractivity contribution in [2.45, 2.75) is 19.4 Å². The Morgan fingerprint density at radius 3 is 2.09 bits per heavy atom. The summed E-state index contributed by atoms with van der Waals surface area (Å²) in [6.45, 7) is 2.78. The summed E-state index contributed by atoms with van der Waals surface area (Å²) in [5, 5.41) is 0. The maximum absolute atomic E-state index is 10.8. The summed E-state index contributed by atoms with van der Waals surface area (Å²) in [6.07, 6.45) is 0. The van der Waals surface area contributed by atoms with E-state index in [1.165, 1.54) is 21.0 Å². The molecule has 0 aromatic rings. The van der Waals surface area contributed by atoms with Crippen molar-refractivity contribution in [3.05, 3.63) is 0 Å². The van der Waals surface area contributed by atoms with Crippen LogP contribution in [0.25, 0.3) is 0 Å². The quantitative estimate of drug-likeness (QED) is 0.475. The van der Waals surface area contributed by atoms with Gasteiger partial charge < -0.3 is 9.47 Å². The highest BCUT2D eigenvalue weighted by Crippen LogP contribution is 2.12. The van der Waals surface area contributed by atoms with Crippen molar-refractivity contribution in [1.29, 1.82) is 0 Å². The first-order valence-electron chi connectivity index (χ1n) is 2.87. The van der Waals surface area contributed by atoms with E-state index in [2.05, 4.69) is 9.47 Å². The Hall–Kier alpha value is -0.770. The first-order chi connectivity index (χ1) is 4.90. The molecule has 0 aromatic carbocycles. The van der Waals surface area contributed by atoms with Gasteiger partial charge in [-0.05, 0) is 13.8 Å². The summed E-state index contributed by atoms with van der Waals surface area (Å²) in [4.78, 5) is 21.0. The summed E-state index contributed by atoms with van der Waals surface area (Å²) in [5.74, 6) is -0.647. The van der Waals surface area contributed by atoms with Crippen molar-refractivity contribution in [1.82, 2.24) is 0 Å². The highest BCUT2D eigenvalue weighted by atomic mass is 35.5. The maximum atomic E-state index is 10.8. The number of carbonyl (C=O) groups is 2. The SMILES string of the molecule is COC(=O)C(C)(C)OC(=O)Cl. The lowest BCUT2D eigenvalue weighted by Crippen LogP contribution is -2.36. The van der Waals surface area contributed by atoms with Crippen LogP contribution in [0.4, 0.5) is 4.79 Å². The molecule has 0 fully saturated rings. The smallest absolute Gasteiger partial charge is 0.404 e. The monoisotopic (exact) mass is 180 g/mol. The number of hydrogen-bond donors (Lipinski definition) is 0. The predicted octanol–water partition coefficient (Wildman–Crippen LogP) is 1.31. The molecule has 64 valence electrons. The first-order valence-corrected chi connectivity index (χ1v) is 3.25. The Balaban J connectivity index is 4.21. The molecule has 0 heterocycles. The van der Waals surface area contributed by atoms with E-state index < -0.39 is 17.0 Å². The van der Waals surface area contributed by atoms with Gasteiger partial charge in [-0.15, -0.1) is 0 Å². The van der Waals surface area contributed by atoms with Gasteiger partial charge in [0.25, 0.3) is 0 Å². The molecule has 0 aliphatic rings. The van der Waals surface area contributed by atoms with E-state index in [0.29, 0.717) is 0 Å². The minimum atomic E-state index is -1.31. The Morgan fingerprint density at radius 1 is 1.36 bits per heavy atom. The third-order valence-corrected chi connectivity index (χ3v) is 1.09. The van der Waals surface area contributed by atoms with Crippen LogP contribution in [0.3, 0.4) is 0 Å². The zero-order chi connectivity index (χ0) is 9.07. The van der Waals surface area contributed by atoms with Crippen molar-refractivity contribution in [2.24, 2.45) is 0 Å². The predicted molar refractivity (Wildman–Crippen MR) is 38.4 cm³/mol. The molecule has 0 saturated heterocycles. The lowest BCUT2D eigenvalue weighted by molar-refractivity contribution is -0.157. The molecule has 11 heavy (non-hydrogen) atoms. The van der Waals surface area contributed by atoms with E-state index >= 15 is 0 Å². The van der Waals surface area contributed by atoms with Gasteiger partial charge in [-0.1, -0.05) is 0 Å². The van der Waals surface area contributed by atoms with Gasteiger partial charge in [-0.25, -0.2) is 9.59 Å². The molecule has 0 atom stereocenters. The van der Waals surface area contributed by atoms with E-state index in [1.54, 1.807) is 0 Å². The van der Waals surface area contributed by atoms with Crippen molar-refractivity contribution in [3.8, 4) is 0 Å². The summed E-state index contributed by atoms with van der Waals surface area (Å²) in [5.41, 5.74) is -2.34. The number of ether oxygens (including phenoxy) is 2. The van der Waals surface area contributed by atoms with Gasteiger partial charge >= 0.3 is 11.4 Å². The van der Waals surface area contributed by atoms with E-state index in [9.17, 15) is 9.59 Å². The largest absolute Gasteiger partial charge is 0.466 e. The molecule has 0 amide bonds. The highest BCUT2D eigenvalue weighted by Gasteiger charge is 2.32. The minimum absolute atomic E-state index is 0.647. The Kier molecular flexibility index (Phi) is 3.32. The minimum Gasteiger partial charge on any atom is -0.466 e. The first kappa shape index (κ1) is 10.2. The summed E-state index contributed by atoms with van der Waals surface area (Å²) in [7, 11) is 1.20. The second-order valence-electron chi connectivity index (χ2n) is 2.34. The van der Waals surface area contributed by atoms with Crippen LogP contribution in [0, 0.1) is 0 Å². The average molecular weight is 181 g/mol. The fourth-order valence-corrected chi connectivity index (χ4v) is 0.681. The second-order valence-corrected chi connectivity index (χ2v) is 2.65. The van der Waals surface area contributed by atoms with Crippen molar-refractivity contribution in [3.63, 3.8) is 0 Å². The molecular formula is C6H9ClO4. The van der Waals surface area contributed by atoms with Gasteiger partial charge in [-0.3, -0.25) is 0 Å². The van der Waals surface area contributed by atoms with Gasteiger partial charge in [-0.2, -0.15) is 0 Å². The van der Waals surface area contributed by atoms with Crippen LogP contribution in [0.15, 0.2) is 0 Å². The van der Waals surface area contributed by atoms with Crippen LogP contribution >= 0.6 is 11.6 Å². The number of carbonyl (C=O) groups excluding carboxylic acids is 2. The molecule has 0 N–H and O–H groups in total. The lowest BCUT2D eigenvalue weighted by atomic mass is 10.1. The standard InChI is InChI=1S/C6H9ClO4/c1-6(2,4(8)10-3)11-5(7)9/h1-3H3. The molecule has 0 rings (SSSR count). The fraction of sp³-hybridized carbons (Fsp3) is 0.667. The van der Waals surface area contributed by atoms with E-state index in [1.807, 2.05) is 0 Å². The molecule has 0 bridgehead atoms. The van der Waals surface area contributed by atoms with Crippen LogP contribution in [0.1, 0.15) is 13.8 Å². The van der Waals surface area contributed by atoms with Crippen LogP contribution < -0.4 is 0 Å². The topological polar surface area (TPSA) is 52.6 Å². The molecule has 0 aliphatic heterocycles. The van der Waals surface area contributed by atoms with Crippen LogP contribution in [0.5, 0.6) is 0 Å². The van der Waals surface area contributed by atoms with Gasteiger partial charge in [0.1, 0.15) is 0 Å². The number of esters is 1. The van der Waals surface area contributed by atoms with Crippen molar-refractivity contribution in [2.75, 3.05) is 7.11 Å². The van der Waals surface area contributed by atoms with Gasteiger partial charge in [0.05, 0.1) is 7.11 Å². The Labute approximate surface area is 69.4 Å². The molecule has 4 nitrogen and oxygen atoms in total. The molecule has 0 saturated carbocycles. The van der Waals surface area contributed by atoms with E-state index in [4.69, 9.17) is 11.6 Å². The third kappa shape index (κ3) is 3.23. The summed E-state index contributed by atoms with van der Waals surface area (Å²) in [6, 6.07) is 0. The number of rotatable bonds is 2. The zero-order valence-corrected chi connectivity index (χ0v) is 7.27. The normalized spacial score (nSPS) is 10.5. The summed E-state index contributed by atoms with van der Waals surface area (Å²) >= 11 is 4.89.